The van der Waals surface area contributed by atoms with Crippen molar-refractivity contribution in [3.63, 3.8) is 0 Å². The molecule has 1 fully saturated rings. The summed E-state index contributed by atoms with van der Waals surface area (Å²) in [6.45, 7) is 6.85. The van der Waals surface area contributed by atoms with Gasteiger partial charge in [0.25, 0.3) is 0 Å². The van der Waals surface area contributed by atoms with Gasteiger partial charge in [-0.2, -0.15) is 0 Å². The van der Waals surface area contributed by atoms with Crippen LogP contribution in [0.1, 0.15) is 13.3 Å². The van der Waals surface area contributed by atoms with E-state index in [0.29, 0.717) is 12.0 Å². The lowest BCUT2D eigenvalue weighted by Gasteiger charge is -2.11. The van der Waals surface area contributed by atoms with Crippen LogP contribution in [0.2, 0.25) is 0 Å². The van der Waals surface area contributed by atoms with Crippen molar-refractivity contribution < 1.29 is 0 Å². The molecule has 2 atom stereocenters. The van der Waals surface area contributed by atoms with E-state index >= 15 is 0 Å². The smallest absolute Gasteiger partial charge is 0.0219 e. The first kappa shape index (κ1) is 6.78. The van der Waals surface area contributed by atoms with Crippen LogP contribution in [0.5, 0.6) is 0 Å². The molecule has 1 aliphatic heterocycles. The van der Waals surface area contributed by atoms with Crippen molar-refractivity contribution in [1.29, 1.82) is 0 Å². The summed E-state index contributed by atoms with van der Waals surface area (Å²) < 4.78 is 0. The van der Waals surface area contributed by atoms with E-state index in [-0.39, 0.29) is 0 Å². The molecule has 0 amide bonds. The maximum Gasteiger partial charge on any atom is 0.0219 e. The van der Waals surface area contributed by atoms with E-state index in [9.17, 15) is 0 Å². The minimum absolute atomic E-state index is 0.535. The van der Waals surface area contributed by atoms with E-state index in [1.165, 1.54) is 6.42 Å². The predicted molar refractivity (Wildman–Crippen MR) is 38.7 cm³/mol. The van der Waals surface area contributed by atoms with Gasteiger partial charge in [-0.3, -0.25) is 5.84 Å². The predicted octanol–water partition coefficient (Wildman–Crippen LogP) is 0.757. The summed E-state index contributed by atoms with van der Waals surface area (Å²) in [7, 11) is 0. The molecule has 1 unspecified atom stereocenters. The molecule has 1 heterocycles. The summed E-state index contributed by atoms with van der Waals surface area (Å²) in [6, 6.07) is 0.535. The van der Waals surface area contributed by atoms with Crippen LogP contribution in [0.15, 0.2) is 12.7 Å². The van der Waals surface area contributed by atoms with Crippen molar-refractivity contribution in [2.75, 3.05) is 6.54 Å². The summed E-state index contributed by atoms with van der Waals surface area (Å²) in [5, 5.41) is 1.88. The third-order valence-electron chi connectivity index (χ3n) is 1.99. The molecule has 0 bridgehead atoms. The fourth-order valence-corrected chi connectivity index (χ4v) is 1.27. The van der Waals surface area contributed by atoms with Crippen molar-refractivity contribution in [3.05, 3.63) is 12.7 Å². The van der Waals surface area contributed by atoms with Gasteiger partial charge in [-0.25, -0.2) is 5.01 Å². The van der Waals surface area contributed by atoms with Gasteiger partial charge < -0.3 is 0 Å². The van der Waals surface area contributed by atoms with Crippen LogP contribution in [0.3, 0.4) is 0 Å². The van der Waals surface area contributed by atoms with Gasteiger partial charge in [0, 0.05) is 12.6 Å². The standard InChI is InChI=1S/C7H14N2/c1-3-7-4-6(2)9(8)5-7/h3,6-7H,1,4-5,8H2,2H3/t6-,7?/m1/s1. The molecule has 9 heavy (non-hydrogen) atoms. The van der Waals surface area contributed by atoms with Crippen LogP contribution in [0, 0.1) is 5.92 Å². The lowest BCUT2D eigenvalue weighted by atomic mass is 10.1. The van der Waals surface area contributed by atoms with Crippen LogP contribution in [-0.4, -0.2) is 17.6 Å². The molecule has 0 aromatic heterocycles. The maximum atomic E-state index is 5.63. The zero-order valence-electron chi connectivity index (χ0n) is 5.88. The molecular weight excluding hydrogens is 112 g/mol. The largest absolute Gasteiger partial charge is 0.269 e. The molecular formula is C7H14N2. The number of hydrazine groups is 1. The molecule has 1 saturated heterocycles. The van der Waals surface area contributed by atoms with Crippen molar-refractivity contribution >= 4 is 0 Å². The second-order valence-corrected chi connectivity index (χ2v) is 2.78. The highest BCUT2D eigenvalue weighted by Gasteiger charge is 2.23. The summed E-state index contributed by atoms with van der Waals surface area (Å²) in [6.07, 6.45) is 3.16. The number of nitrogens with two attached hydrogens (primary N) is 1. The lowest BCUT2D eigenvalue weighted by Crippen LogP contribution is -2.33. The highest BCUT2D eigenvalue weighted by atomic mass is 15.4. The van der Waals surface area contributed by atoms with E-state index in [4.69, 9.17) is 5.84 Å². The van der Waals surface area contributed by atoms with E-state index < -0.39 is 0 Å². The van der Waals surface area contributed by atoms with Gasteiger partial charge in [-0.1, -0.05) is 6.08 Å². The number of hydrogen-bond acceptors (Lipinski definition) is 2. The minimum atomic E-state index is 0.535. The maximum absolute atomic E-state index is 5.63. The van der Waals surface area contributed by atoms with E-state index in [0.717, 1.165) is 6.54 Å². The SMILES string of the molecule is C=CC1C[C@@H](C)N(N)C1. The highest BCUT2D eigenvalue weighted by molar-refractivity contribution is 4.89. The van der Waals surface area contributed by atoms with Gasteiger partial charge in [0.05, 0.1) is 0 Å². The Morgan fingerprint density at radius 2 is 2.44 bits per heavy atom. The Bertz CT molecular complexity index is 101. The first-order chi connectivity index (χ1) is 4.24. The number of nitrogens with zero attached hydrogens (tertiary/aromatic N) is 1. The molecule has 0 radical (unpaired) electrons. The monoisotopic (exact) mass is 126 g/mol. The molecule has 0 spiro atoms. The van der Waals surface area contributed by atoms with E-state index in [2.05, 4.69) is 13.5 Å². The summed E-state index contributed by atoms with van der Waals surface area (Å²) in [5.74, 6) is 6.25. The summed E-state index contributed by atoms with van der Waals surface area (Å²) >= 11 is 0. The van der Waals surface area contributed by atoms with Crippen molar-refractivity contribution in [2.24, 2.45) is 11.8 Å². The molecule has 52 valence electrons. The number of hydrogen-bond donors (Lipinski definition) is 1. The Balaban J connectivity index is 2.43. The van der Waals surface area contributed by atoms with E-state index in [1.807, 2.05) is 11.1 Å². The molecule has 2 nitrogen and oxygen atoms in total. The van der Waals surface area contributed by atoms with Crippen LogP contribution in [0.25, 0.3) is 0 Å². The first-order valence-corrected chi connectivity index (χ1v) is 3.38. The Kier molecular flexibility index (Phi) is 1.88. The Hall–Kier alpha value is -0.340. The van der Waals surface area contributed by atoms with Gasteiger partial charge in [-0.05, 0) is 19.3 Å². The quantitative estimate of drug-likeness (QED) is 0.415. The van der Waals surface area contributed by atoms with Crippen molar-refractivity contribution in [1.82, 2.24) is 5.01 Å². The fourth-order valence-electron chi connectivity index (χ4n) is 1.27. The van der Waals surface area contributed by atoms with Crippen LogP contribution < -0.4 is 5.84 Å². The topological polar surface area (TPSA) is 29.3 Å². The Morgan fingerprint density at radius 1 is 1.78 bits per heavy atom. The van der Waals surface area contributed by atoms with Gasteiger partial charge >= 0.3 is 0 Å². The zero-order valence-corrected chi connectivity index (χ0v) is 5.88. The van der Waals surface area contributed by atoms with Gasteiger partial charge in [0.15, 0.2) is 0 Å². The number of rotatable bonds is 1. The zero-order chi connectivity index (χ0) is 6.85. The minimum Gasteiger partial charge on any atom is -0.269 e. The molecule has 0 aromatic carbocycles. The normalized spacial score (nSPS) is 37.1. The highest BCUT2D eigenvalue weighted by Crippen LogP contribution is 2.19. The summed E-state index contributed by atoms with van der Waals surface area (Å²) in [5.41, 5.74) is 0. The van der Waals surface area contributed by atoms with Crippen molar-refractivity contribution in [2.45, 2.75) is 19.4 Å². The molecule has 0 saturated carbocycles. The third-order valence-corrected chi connectivity index (χ3v) is 1.99. The van der Waals surface area contributed by atoms with Gasteiger partial charge in [-0.15, -0.1) is 6.58 Å². The molecule has 0 aromatic rings. The van der Waals surface area contributed by atoms with Crippen LogP contribution in [-0.2, 0) is 0 Å². The second-order valence-electron chi connectivity index (χ2n) is 2.78. The van der Waals surface area contributed by atoms with Crippen LogP contribution >= 0.6 is 0 Å². The Morgan fingerprint density at radius 3 is 2.67 bits per heavy atom. The van der Waals surface area contributed by atoms with Crippen molar-refractivity contribution in [3.8, 4) is 0 Å². The summed E-state index contributed by atoms with van der Waals surface area (Å²) in [4.78, 5) is 0. The molecule has 2 heteroatoms. The molecule has 1 rings (SSSR count). The lowest BCUT2D eigenvalue weighted by molar-refractivity contribution is 0.276. The Labute approximate surface area is 56.3 Å². The average molecular weight is 126 g/mol. The van der Waals surface area contributed by atoms with Crippen LogP contribution in [0.4, 0.5) is 0 Å². The fraction of sp³-hybridized carbons (Fsp3) is 0.714. The average Bonchev–Trinajstić information content (AvgIpc) is 2.13. The van der Waals surface area contributed by atoms with E-state index in [1.54, 1.807) is 0 Å². The molecule has 2 N–H and O–H groups in total. The first-order valence-electron chi connectivity index (χ1n) is 3.38. The van der Waals surface area contributed by atoms with Gasteiger partial charge in [0.2, 0.25) is 0 Å². The second kappa shape index (κ2) is 2.50. The van der Waals surface area contributed by atoms with Gasteiger partial charge in [0.1, 0.15) is 0 Å². The third kappa shape index (κ3) is 1.32. The molecule has 1 aliphatic rings. The molecule has 0 aliphatic carbocycles.